The summed E-state index contributed by atoms with van der Waals surface area (Å²) in [7, 11) is 6.16. The van der Waals surface area contributed by atoms with Crippen LogP contribution < -0.4 is 14.6 Å². The van der Waals surface area contributed by atoms with Crippen LogP contribution in [0.4, 0.5) is 0 Å². The molecule has 1 saturated heterocycles. The Morgan fingerprint density at radius 2 is 1.59 bits per heavy atom. The van der Waals surface area contributed by atoms with E-state index in [2.05, 4.69) is 21.1 Å². The minimum atomic E-state index is -1.39. The number of aliphatic hydroxyl groups excluding tert-OH is 4. The monoisotopic (exact) mass is 647 g/mol. The van der Waals surface area contributed by atoms with E-state index in [1.54, 1.807) is 13.0 Å². The van der Waals surface area contributed by atoms with Gasteiger partial charge in [-0.05, 0) is 55.4 Å². The molecule has 1 aliphatic heterocycles. The molecule has 0 aromatic heterocycles. The van der Waals surface area contributed by atoms with E-state index in [0.29, 0.717) is 24.3 Å². The van der Waals surface area contributed by atoms with Crippen LogP contribution in [0, 0.1) is 0 Å². The largest absolute Gasteiger partial charge is 0.546 e. The molecule has 2 aliphatic rings. The van der Waals surface area contributed by atoms with E-state index in [1.165, 1.54) is 0 Å². The Hall–Kier alpha value is -2.77. The highest BCUT2D eigenvalue weighted by molar-refractivity contribution is 5.71. The highest BCUT2D eigenvalue weighted by Gasteiger charge is 2.44. The summed E-state index contributed by atoms with van der Waals surface area (Å²) in [4.78, 5) is 11.9. The molecule has 258 valence electrons. The van der Waals surface area contributed by atoms with Crippen molar-refractivity contribution < 1.29 is 53.8 Å². The van der Waals surface area contributed by atoms with Gasteiger partial charge in [-0.2, -0.15) is 0 Å². The Balaban J connectivity index is 0.000000738. The third-order valence-electron chi connectivity index (χ3n) is 8.19. The summed E-state index contributed by atoms with van der Waals surface area (Å²) in [5, 5.41) is 50.9. The Morgan fingerprint density at radius 1 is 0.957 bits per heavy atom. The second kappa shape index (κ2) is 17.4. The number of aliphatic hydroxyl groups is 4. The van der Waals surface area contributed by atoms with Crippen molar-refractivity contribution in [2.24, 2.45) is 0 Å². The van der Waals surface area contributed by atoms with Crippen LogP contribution in [0.1, 0.15) is 63.5 Å². The fourth-order valence-corrected chi connectivity index (χ4v) is 5.35. The number of quaternary nitrogens is 1. The van der Waals surface area contributed by atoms with Gasteiger partial charge in [0.25, 0.3) is 0 Å². The molecule has 0 spiro atoms. The first-order valence-corrected chi connectivity index (χ1v) is 16.2. The van der Waals surface area contributed by atoms with Crippen molar-refractivity contribution in [3.63, 3.8) is 0 Å². The zero-order valence-corrected chi connectivity index (χ0v) is 28.0. The van der Waals surface area contributed by atoms with Crippen molar-refractivity contribution in [1.82, 2.24) is 0 Å². The van der Waals surface area contributed by atoms with Gasteiger partial charge < -0.3 is 53.8 Å². The quantitative estimate of drug-likeness (QED) is 0.250. The molecule has 4 N–H and O–H groups in total. The van der Waals surface area contributed by atoms with Crippen LogP contribution in [0.5, 0.6) is 11.5 Å². The van der Waals surface area contributed by atoms with Gasteiger partial charge in [0.05, 0.1) is 45.9 Å². The maximum absolute atomic E-state index is 11.9. The molecular formula is C35H53NO10. The van der Waals surface area contributed by atoms with Gasteiger partial charge in [0.1, 0.15) is 48.6 Å². The van der Waals surface area contributed by atoms with E-state index in [-0.39, 0.29) is 25.0 Å². The minimum absolute atomic E-state index is 0.130. The number of carbonyl (C=O) groups is 1. The molecule has 11 nitrogen and oxygen atoms in total. The number of nitrogens with zero attached hydrogens (tertiary/aromatic N) is 1. The first kappa shape index (κ1) is 37.7. The normalized spacial score (nSPS) is 27.3. The lowest BCUT2D eigenvalue weighted by Crippen LogP contribution is -2.58. The van der Waals surface area contributed by atoms with Crippen molar-refractivity contribution in [1.29, 1.82) is 0 Å². The zero-order valence-electron chi connectivity index (χ0n) is 28.0. The van der Waals surface area contributed by atoms with Crippen LogP contribution in [0.15, 0.2) is 48.5 Å². The maximum atomic E-state index is 11.9. The number of carboxylic acids is 1. The van der Waals surface area contributed by atoms with E-state index in [0.717, 1.165) is 35.0 Å². The first-order chi connectivity index (χ1) is 21.7. The summed E-state index contributed by atoms with van der Waals surface area (Å²) in [6.07, 6.45) is -4.40. The summed E-state index contributed by atoms with van der Waals surface area (Å²) >= 11 is 0. The van der Waals surface area contributed by atoms with Gasteiger partial charge in [0.2, 0.25) is 0 Å². The summed E-state index contributed by atoms with van der Waals surface area (Å²) < 4.78 is 24.9. The Kier molecular flexibility index (Phi) is 14.3. The lowest BCUT2D eigenvalue weighted by Gasteiger charge is -2.42. The Morgan fingerprint density at radius 3 is 2.15 bits per heavy atom. The molecule has 0 radical (unpaired) electrons. The van der Waals surface area contributed by atoms with Gasteiger partial charge in [-0.15, -0.1) is 0 Å². The molecule has 2 aromatic rings. The van der Waals surface area contributed by atoms with E-state index in [1.807, 2.05) is 56.3 Å². The van der Waals surface area contributed by atoms with Crippen LogP contribution >= 0.6 is 0 Å². The van der Waals surface area contributed by atoms with Crippen molar-refractivity contribution in [2.45, 2.75) is 108 Å². The number of likely N-dealkylation sites (N-methyl/N-ethyl adjacent to an activating group) is 1. The molecule has 0 amide bonds. The fraction of sp³-hybridized carbons (Fsp3) is 0.629. The summed E-state index contributed by atoms with van der Waals surface area (Å²) in [5.74, 6) is -0.288. The average Bonchev–Trinajstić information content (AvgIpc) is 2.99. The van der Waals surface area contributed by atoms with Crippen LogP contribution in [0.3, 0.4) is 0 Å². The van der Waals surface area contributed by atoms with Gasteiger partial charge in [0.15, 0.2) is 6.29 Å². The standard InChI is InChI=1S/C30H40O9.C5H14NO/c1-17(2)20-14-21(16-22(15-20)38-25(29(34)35)13-19-9-5-4-6-10-19)37-23-11-7-8-12-24(23)39-30-28(33)27(32)26(31)18(3)36-30;1-6(2,3)4-5-7/h4-6,9-10,14-18,23-28,30-33H,7-8,11-13H2,1-3H3,(H,34,35);7H,4-5H2,1-3H3/q;+1/p-1/t18-,23+,24+,25-,26+,27+,28-,30-;/m0./s1. The summed E-state index contributed by atoms with van der Waals surface area (Å²) in [5.41, 5.74) is 1.74. The molecule has 2 aromatic carbocycles. The van der Waals surface area contributed by atoms with Crippen molar-refractivity contribution in [3.05, 3.63) is 59.7 Å². The van der Waals surface area contributed by atoms with Crippen LogP contribution in [0.2, 0.25) is 0 Å². The van der Waals surface area contributed by atoms with Gasteiger partial charge >= 0.3 is 0 Å². The first-order valence-electron chi connectivity index (χ1n) is 16.2. The van der Waals surface area contributed by atoms with Gasteiger partial charge in [-0.25, -0.2) is 0 Å². The molecular weight excluding hydrogens is 594 g/mol. The van der Waals surface area contributed by atoms with Crippen molar-refractivity contribution in [2.75, 3.05) is 34.3 Å². The van der Waals surface area contributed by atoms with Gasteiger partial charge in [-0.3, -0.25) is 0 Å². The summed E-state index contributed by atoms with van der Waals surface area (Å²) in [6.45, 7) is 6.78. The fourth-order valence-electron chi connectivity index (χ4n) is 5.35. The lowest BCUT2D eigenvalue weighted by atomic mass is 9.93. The van der Waals surface area contributed by atoms with E-state index in [9.17, 15) is 25.2 Å². The predicted molar refractivity (Wildman–Crippen MR) is 170 cm³/mol. The smallest absolute Gasteiger partial charge is 0.187 e. The predicted octanol–water partition coefficient (Wildman–Crippen LogP) is 1.77. The van der Waals surface area contributed by atoms with E-state index < -0.39 is 48.9 Å². The molecule has 2 fully saturated rings. The second-order valence-corrected chi connectivity index (χ2v) is 13.5. The number of rotatable bonds is 12. The number of benzene rings is 2. The Bertz CT molecular complexity index is 1200. The molecule has 1 aliphatic carbocycles. The summed E-state index contributed by atoms with van der Waals surface area (Å²) in [6, 6.07) is 14.6. The topological polar surface area (TPSA) is 158 Å². The molecule has 1 heterocycles. The molecule has 0 bridgehead atoms. The number of aliphatic carboxylic acids is 1. The van der Waals surface area contributed by atoms with Crippen LogP contribution in [-0.4, -0.2) is 114 Å². The molecule has 8 atom stereocenters. The average molecular weight is 648 g/mol. The Labute approximate surface area is 272 Å². The number of ether oxygens (including phenoxy) is 4. The maximum Gasteiger partial charge on any atom is 0.187 e. The highest BCUT2D eigenvalue weighted by Crippen LogP contribution is 2.33. The molecule has 46 heavy (non-hydrogen) atoms. The zero-order chi connectivity index (χ0) is 34.0. The molecule has 11 heteroatoms. The van der Waals surface area contributed by atoms with E-state index >= 15 is 0 Å². The second-order valence-electron chi connectivity index (χ2n) is 13.5. The third-order valence-corrected chi connectivity index (χ3v) is 8.19. The minimum Gasteiger partial charge on any atom is -0.546 e. The van der Waals surface area contributed by atoms with Gasteiger partial charge in [-0.1, -0.05) is 50.6 Å². The number of hydrogen-bond donors (Lipinski definition) is 4. The van der Waals surface area contributed by atoms with Crippen LogP contribution in [0.25, 0.3) is 0 Å². The molecule has 1 saturated carbocycles. The molecule has 4 rings (SSSR count). The number of carbonyl (C=O) groups excluding carboxylic acids is 1. The SMILES string of the molecule is CC(C)c1cc(O[C@@H](Cc2ccccc2)C(=O)[O-])cc(O[C@@H]2CCCC[C@H]2O[C@@H]2O[C@@H](C)[C@@H](O)[C@@H](O)[C@@H]2O)c1.C[N+](C)(C)CCO. The number of hydrogen-bond acceptors (Lipinski definition) is 10. The van der Waals surface area contributed by atoms with Gasteiger partial charge in [0, 0.05) is 12.5 Å². The van der Waals surface area contributed by atoms with E-state index in [4.69, 9.17) is 24.1 Å². The highest BCUT2D eigenvalue weighted by atomic mass is 16.7. The van der Waals surface area contributed by atoms with Crippen LogP contribution in [-0.2, 0) is 20.7 Å². The third kappa shape index (κ3) is 11.5. The van der Waals surface area contributed by atoms with Crippen molar-refractivity contribution in [3.8, 4) is 11.5 Å². The number of carboxylic acid groups (broad SMARTS) is 1. The molecule has 0 unspecified atom stereocenters. The lowest BCUT2D eigenvalue weighted by molar-refractivity contribution is -0.870. The van der Waals surface area contributed by atoms with Crippen molar-refractivity contribution >= 4 is 5.97 Å².